The minimum absolute atomic E-state index is 0.126. The maximum Gasteiger partial charge on any atom is 0.411 e. The van der Waals surface area contributed by atoms with Crippen molar-refractivity contribution in [2.75, 3.05) is 22.6 Å². The minimum atomic E-state index is -1.84. The monoisotopic (exact) mass is 479 g/mol. The zero-order valence-corrected chi connectivity index (χ0v) is 18.1. The van der Waals surface area contributed by atoms with Gasteiger partial charge in [-0.2, -0.15) is 0 Å². The van der Waals surface area contributed by atoms with E-state index in [1.54, 1.807) is 31.2 Å². The zero-order chi connectivity index (χ0) is 24.8. The number of carbonyl (C=O) groups excluding carboxylic acids is 1. The third-order valence-corrected chi connectivity index (χ3v) is 5.10. The number of rotatable bonds is 8. The standard InChI is InChI=1S/C22H26FN3O8/c1-2-33-22(32)26-14-8-7-13(24-10-11-3-5-12(23)6-4-11)9-15(14)25-20-18(29)16(27)17(28)19(34-20)21(30)31/h3-9,16-20,24-25,27-29H,2,10H2,1H3,(H,26,32)(H,30,31)/t16-,17-,18+,19-,20?/m0/s1. The lowest BCUT2D eigenvalue weighted by molar-refractivity contribution is -0.221. The Morgan fingerprint density at radius 1 is 1.03 bits per heavy atom. The molecule has 0 bridgehead atoms. The summed E-state index contributed by atoms with van der Waals surface area (Å²) in [6.45, 7) is 2.10. The lowest BCUT2D eigenvalue weighted by Crippen LogP contribution is -2.61. The van der Waals surface area contributed by atoms with Gasteiger partial charge in [0.25, 0.3) is 0 Å². The van der Waals surface area contributed by atoms with Gasteiger partial charge >= 0.3 is 12.1 Å². The second-order valence-electron chi connectivity index (χ2n) is 7.52. The van der Waals surface area contributed by atoms with Crippen LogP contribution in [0.3, 0.4) is 0 Å². The number of aliphatic carboxylic acids is 1. The number of hydrogen-bond donors (Lipinski definition) is 7. The van der Waals surface area contributed by atoms with Crippen molar-refractivity contribution in [2.24, 2.45) is 0 Å². The van der Waals surface area contributed by atoms with E-state index >= 15 is 0 Å². The fourth-order valence-corrected chi connectivity index (χ4v) is 3.32. The van der Waals surface area contributed by atoms with Crippen molar-refractivity contribution in [3.05, 3.63) is 53.8 Å². The molecule has 3 rings (SSSR count). The van der Waals surface area contributed by atoms with E-state index in [0.717, 1.165) is 5.56 Å². The first-order valence-electron chi connectivity index (χ1n) is 10.4. The lowest BCUT2D eigenvalue weighted by atomic mass is 9.98. The molecule has 2 aromatic rings. The molecule has 1 amide bonds. The van der Waals surface area contributed by atoms with E-state index in [0.29, 0.717) is 12.2 Å². The van der Waals surface area contributed by atoms with Gasteiger partial charge in [0.1, 0.15) is 24.1 Å². The van der Waals surface area contributed by atoms with E-state index in [1.807, 2.05) is 0 Å². The van der Waals surface area contributed by atoms with Crippen LogP contribution in [0.2, 0.25) is 0 Å². The van der Waals surface area contributed by atoms with Crippen molar-refractivity contribution in [3.8, 4) is 0 Å². The van der Waals surface area contributed by atoms with E-state index in [2.05, 4.69) is 16.0 Å². The molecule has 11 nitrogen and oxygen atoms in total. The summed E-state index contributed by atoms with van der Waals surface area (Å²) in [5.74, 6) is -1.88. The SMILES string of the molecule is CCOC(=O)Nc1ccc(NCc2ccc(F)cc2)cc1NC1O[C@H](C(=O)O)[C@@H](O)[C@H](O)[C@H]1O. The maximum atomic E-state index is 13.1. The average Bonchev–Trinajstić information content (AvgIpc) is 2.80. The second kappa shape index (κ2) is 11.1. The molecule has 1 aliphatic heterocycles. The highest BCUT2D eigenvalue weighted by Crippen LogP contribution is 2.30. The van der Waals surface area contributed by atoms with Crippen molar-refractivity contribution in [1.82, 2.24) is 0 Å². The summed E-state index contributed by atoms with van der Waals surface area (Å²) in [6.07, 6.45) is -9.30. The van der Waals surface area contributed by atoms with E-state index < -0.39 is 42.7 Å². The van der Waals surface area contributed by atoms with Crippen molar-refractivity contribution >= 4 is 29.1 Å². The van der Waals surface area contributed by atoms with Gasteiger partial charge in [-0.25, -0.2) is 14.0 Å². The number of carbonyl (C=O) groups is 2. The number of aliphatic hydroxyl groups excluding tert-OH is 3. The molecule has 2 aromatic carbocycles. The molecular weight excluding hydrogens is 453 g/mol. The molecule has 0 saturated carbocycles. The number of benzene rings is 2. The van der Waals surface area contributed by atoms with Crippen molar-refractivity contribution in [2.45, 2.75) is 44.1 Å². The Morgan fingerprint density at radius 3 is 2.38 bits per heavy atom. The number of amides is 1. The second-order valence-corrected chi connectivity index (χ2v) is 7.52. The van der Waals surface area contributed by atoms with Crippen LogP contribution in [-0.2, 0) is 20.8 Å². The van der Waals surface area contributed by atoms with Crippen LogP contribution in [0.5, 0.6) is 0 Å². The van der Waals surface area contributed by atoms with Crippen LogP contribution in [0.25, 0.3) is 0 Å². The van der Waals surface area contributed by atoms with Gasteiger partial charge in [-0.1, -0.05) is 12.1 Å². The normalized spacial score (nSPS) is 24.2. The number of carboxylic acid groups (broad SMARTS) is 1. The van der Waals surface area contributed by atoms with Gasteiger partial charge in [-0.15, -0.1) is 0 Å². The molecule has 7 N–H and O–H groups in total. The third-order valence-electron chi connectivity index (χ3n) is 5.10. The van der Waals surface area contributed by atoms with Gasteiger partial charge in [-0.05, 0) is 42.8 Å². The van der Waals surface area contributed by atoms with E-state index in [9.17, 15) is 34.4 Å². The highest BCUT2D eigenvalue weighted by Gasteiger charge is 2.47. The fourth-order valence-electron chi connectivity index (χ4n) is 3.32. The van der Waals surface area contributed by atoms with Crippen LogP contribution in [0.1, 0.15) is 12.5 Å². The predicted molar refractivity (Wildman–Crippen MR) is 119 cm³/mol. The molecule has 0 spiro atoms. The van der Waals surface area contributed by atoms with Crippen LogP contribution < -0.4 is 16.0 Å². The Bertz CT molecular complexity index is 1010. The molecule has 184 valence electrons. The van der Waals surface area contributed by atoms with Crippen LogP contribution in [0.4, 0.5) is 26.2 Å². The zero-order valence-electron chi connectivity index (χ0n) is 18.1. The Morgan fingerprint density at radius 2 is 1.74 bits per heavy atom. The smallest absolute Gasteiger partial charge is 0.411 e. The summed E-state index contributed by atoms with van der Waals surface area (Å²) < 4.78 is 23.3. The Labute approximate surface area is 194 Å². The summed E-state index contributed by atoms with van der Waals surface area (Å²) >= 11 is 0. The maximum absolute atomic E-state index is 13.1. The molecule has 5 atom stereocenters. The number of hydrogen-bond acceptors (Lipinski definition) is 9. The molecule has 1 unspecified atom stereocenters. The van der Waals surface area contributed by atoms with E-state index in [1.165, 1.54) is 18.2 Å². The van der Waals surface area contributed by atoms with Crippen LogP contribution >= 0.6 is 0 Å². The van der Waals surface area contributed by atoms with E-state index in [4.69, 9.17) is 9.47 Å². The third kappa shape index (κ3) is 6.11. The highest BCUT2D eigenvalue weighted by atomic mass is 19.1. The van der Waals surface area contributed by atoms with Crippen molar-refractivity contribution in [3.63, 3.8) is 0 Å². The average molecular weight is 479 g/mol. The Hall–Kier alpha value is -3.45. The first-order valence-corrected chi connectivity index (χ1v) is 10.4. The molecule has 0 aliphatic carbocycles. The summed E-state index contributed by atoms with van der Waals surface area (Å²) in [5.41, 5.74) is 1.78. The van der Waals surface area contributed by atoms with Gasteiger partial charge < -0.3 is 40.5 Å². The summed E-state index contributed by atoms with van der Waals surface area (Å²) in [4.78, 5) is 23.3. The minimum Gasteiger partial charge on any atom is -0.479 e. The Kier molecular flexibility index (Phi) is 8.23. The fraction of sp³-hybridized carbons (Fsp3) is 0.364. The molecule has 0 radical (unpaired) electrons. The lowest BCUT2D eigenvalue weighted by Gasteiger charge is -2.39. The van der Waals surface area contributed by atoms with Crippen LogP contribution in [0, 0.1) is 5.82 Å². The van der Waals surface area contributed by atoms with Gasteiger partial charge in [-0.3, -0.25) is 5.32 Å². The van der Waals surface area contributed by atoms with Gasteiger partial charge in [0.2, 0.25) is 0 Å². The summed E-state index contributed by atoms with van der Waals surface area (Å²) in [5, 5.41) is 47.9. The quantitative estimate of drug-likeness (QED) is 0.293. The van der Waals surface area contributed by atoms with Crippen molar-refractivity contribution < 1.29 is 43.9 Å². The first kappa shape index (κ1) is 25.2. The summed E-state index contributed by atoms with van der Waals surface area (Å²) in [6, 6.07) is 10.6. The molecule has 1 heterocycles. The number of nitrogens with one attached hydrogen (secondary N) is 3. The number of aliphatic hydroxyl groups is 3. The highest BCUT2D eigenvalue weighted by molar-refractivity contribution is 5.90. The number of anilines is 3. The molecule has 34 heavy (non-hydrogen) atoms. The molecule has 1 saturated heterocycles. The molecule has 1 fully saturated rings. The van der Waals surface area contributed by atoms with Gasteiger partial charge in [0.05, 0.1) is 18.0 Å². The molecule has 12 heteroatoms. The largest absolute Gasteiger partial charge is 0.479 e. The van der Waals surface area contributed by atoms with Gasteiger partial charge in [0, 0.05) is 12.2 Å². The first-order chi connectivity index (χ1) is 16.2. The van der Waals surface area contributed by atoms with Gasteiger partial charge in [0.15, 0.2) is 12.3 Å². The number of carboxylic acids is 1. The molecular formula is C22H26FN3O8. The topological polar surface area (TPSA) is 170 Å². The Balaban J connectivity index is 1.83. The molecule has 0 aromatic heterocycles. The number of ether oxygens (including phenoxy) is 2. The van der Waals surface area contributed by atoms with Crippen LogP contribution in [0.15, 0.2) is 42.5 Å². The van der Waals surface area contributed by atoms with Crippen LogP contribution in [-0.4, -0.2) is 69.7 Å². The summed E-state index contributed by atoms with van der Waals surface area (Å²) in [7, 11) is 0. The van der Waals surface area contributed by atoms with Crippen molar-refractivity contribution in [1.29, 1.82) is 0 Å². The predicted octanol–water partition coefficient (Wildman–Crippen LogP) is 1.31. The van der Waals surface area contributed by atoms with E-state index in [-0.39, 0.29) is 23.8 Å². The molecule has 1 aliphatic rings. The number of halogens is 1.